The van der Waals surface area contributed by atoms with Crippen LogP contribution in [0, 0.1) is 6.92 Å². The van der Waals surface area contributed by atoms with Gasteiger partial charge in [0, 0.05) is 29.9 Å². The van der Waals surface area contributed by atoms with Crippen molar-refractivity contribution < 1.29 is 17.9 Å². The molecule has 1 saturated carbocycles. The molecule has 2 aliphatic rings. The zero-order valence-electron chi connectivity index (χ0n) is 20.3. The van der Waals surface area contributed by atoms with Crippen LogP contribution < -0.4 is 9.46 Å². The Labute approximate surface area is 205 Å². The van der Waals surface area contributed by atoms with E-state index >= 15 is 0 Å². The number of nitrogens with zero attached hydrogens (tertiary/aromatic N) is 4. The summed E-state index contributed by atoms with van der Waals surface area (Å²) in [7, 11) is -4.11. The lowest BCUT2D eigenvalue weighted by atomic mass is 9.92. The number of benzene rings is 1. The zero-order valence-corrected chi connectivity index (χ0v) is 21.1. The van der Waals surface area contributed by atoms with Gasteiger partial charge in [-0.1, -0.05) is 19.1 Å². The van der Waals surface area contributed by atoms with Crippen molar-refractivity contribution in [1.82, 2.24) is 24.5 Å². The molecule has 3 heterocycles. The maximum absolute atomic E-state index is 12.8. The number of hydrogen-bond acceptors (Lipinski definition) is 7. The molecule has 1 N–H and O–H groups in total. The average molecular weight is 496 g/mol. The standard InChI is InChI=1S/C25H29N5O4S/c1-5-16-9-18(19-12-26-24(27-13-19)17-6-7-17)8-15(2)20(16)10-21(31)29-35(32,33)22-11-23-30(28-22)14-25(3,4)34-23/h8-9,11-13,17H,5-7,10,14H2,1-4H3,(H,29,31). The Kier molecular flexibility index (Phi) is 5.66. The van der Waals surface area contributed by atoms with E-state index in [1.54, 1.807) is 0 Å². The number of hydrogen-bond donors (Lipinski definition) is 1. The Bertz CT molecular complexity index is 1380. The third-order valence-corrected chi connectivity index (χ3v) is 7.63. The minimum Gasteiger partial charge on any atom is -0.470 e. The number of aromatic nitrogens is 4. The molecular formula is C25H29N5O4S. The summed E-state index contributed by atoms with van der Waals surface area (Å²) in [5.74, 6) is 1.16. The number of sulfonamides is 1. The molecule has 3 aromatic rings. The summed E-state index contributed by atoms with van der Waals surface area (Å²) in [5.41, 5.74) is 4.17. The molecule has 1 aromatic carbocycles. The first-order valence-electron chi connectivity index (χ1n) is 11.8. The van der Waals surface area contributed by atoms with Gasteiger partial charge in [0.05, 0.1) is 13.0 Å². The first kappa shape index (κ1) is 23.5. The fraction of sp³-hybridized carbons (Fsp3) is 0.440. The van der Waals surface area contributed by atoms with Crippen LogP contribution in [0.2, 0.25) is 0 Å². The van der Waals surface area contributed by atoms with Crippen LogP contribution in [0.25, 0.3) is 11.1 Å². The number of rotatable bonds is 7. The molecule has 0 saturated heterocycles. The van der Waals surface area contributed by atoms with Gasteiger partial charge in [0.25, 0.3) is 10.0 Å². The highest BCUT2D eigenvalue weighted by Gasteiger charge is 2.34. The van der Waals surface area contributed by atoms with Crippen molar-refractivity contribution in [3.8, 4) is 17.0 Å². The summed E-state index contributed by atoms with van der Waals surface area (Å²) in [6.07, 6.45) is 6.65. The van der Waals surface area contributed by atoms with Crippen LogP contribution in [0.15, 0.2) is 35.6 Å². The Morgan fingerprint density at radius 1 is 1.17 bits per heavy atom. The van der Waals surface area contributed by atoms with E-state index in [2.05, 4.69) is 19.8 Å². The van der Waals surface area contributed by atoms with E-state index in [0.29, 0.717) is 24.8 Å². The molecule has 0 spiro atoms. The summed E-state index contributed by atoms with van der Waals surface area (Å²) in [6, 6.07) is 5.36. The predicted octanol–water partition coefficient (Wildman–Crippen LogP) is 3.31. The first-order chi connectivity index (χ1) is 16.5. The fourth-order valence-corrected chi connectivity index (χ4v) is 5.38. The summed E-state index contributed by atoms with van der Waals surface area (Å²) < 4.78 is 34.9. The predicted molar refractivity (Wildman–Crippen MR) is 130 cm³/mol. The van der Waals surface area contributed by atoms with E-state index < -0.39 is 21.5 Å². The highest BCUT2D eigenvalue weighted by molar-refractivity contribution is 7.90. The molecule has 10 heteroatoms. The van der Waals surface area contributed by atoms with Crippen LogP contribution in [-0.2, 0) is 34.2 Å². The third kappa shape index (κ3) is 4.80. The van der Waals surface area contributed by atoms with Gasteiger partial charge in [0.2, 0.25) is 16.8 Å². The number of nitrogens with one attached hydrogen (secondary N) is 1. The Balaban J connectivity index is 1.32. The summed E-state index contributed by atoms with van der Waals surface area (Å²) in [4.78, 5) is 21.8. The van der Waals surface area contributed by atoms with E-state index in [9.17, 15) is 13.2 Å². The van der Waals surface area contributed by atoms with Gasteiger partial charge in [0.1, 0.15) is 11.4 Å². The Morgan fingerprint density at radius 2 is 1.89 bits per heavy atom. The number of ether oxygens (including phenoxy) is 1. The number of fused-ring (bicyclic) bond motifs is 1. The molecule has 0 radical (unpaired) electrons. The van der Waals surface area contributed by atoms with Gasteiger partial charge in [-0.2, -0.15) is 13.5 Å². The minimum absolute atomic E-state index is 0.0528. The normalized spacial score (nSPS) is 16.6. The molecule has 184 valence electrons. The van der Waals surface area contributed by atoms with Crippen molar-refractivity contribution in [2.45, 2.75) is 76.5 Å². The van der Waals surface area contributed by atoms with E-state index in [1.165, 1.54) is 10.7 Å². The third-order valence-electron chi connectivity index (χ3n) is 6.39. The lowest BCUT2D eigenvalue weighted by Crippen LogP contribution is -2.33. The van der Waals surface area contributed by atoms with Crippen LogP contribution in [0.5, 0.6) is 5.88 Å². The summed E-state index contributed by atoms with van der Waals surface area (Å²) in [6.45, 7) is 8.17. The lowest BCUT2D eigenvalue weighted by molar-refractivity contribution is -0.118. The first-order valence-corrected chi connectivity index (χ1v) is 13.3. The number of carbonyl (C=O) groups excluding carboxylic acids is 1. The molecule has 0 unspecified atom stereocenters. The average Bonchev–Trinajstić information content (AvgIpc) is 3.50. The summed E-state index contributed by atoms with van der Waals surface area (Å²) >= 11 is 0. The Morgan fingerprint density at radius 3 is 2.51 bits per heavy atom. The molecule has 35 heavy (non-hydrogen) atoms. The van der Waals surface area contributed by atoms with Gasteiger partial charge in [-0.3, -0.25) is 4.79 Å². The molecule has 5 rings (SSSR count). The van der Waals surface area contributed by atoms with Gasteiger partial charge in [-0.15, -0.1) is 0 Å². The summed E-state index contributed by atoms with van der Waals surface area (Å²) in [5, 5.41) is 3.88. The maximum Gasteiger partial charge on any atom is 0.283 e. The van der Waals surface area contributed by atoms with Crippen LogP contribution in [0.3, 0.4) is 0 Å². The van der Waals surface area contributed by atoms with Gasteiger partial charge in [-0.25, -0.2) is 19.4 Å². The monoisotopic (exact) mass is 495 g/mol. The second-order valence-corrected chi connectivity index (χ2v) is 11.6. The van der Waals surface area contributed by atoms with Crippen molar-refractivity contribution in [3.05, 3.63) is 53.1 Å². The molecule has 9 nitrogen and oxygen atoms in total. The largest absolute Gasteiger partial charge is 0.470 e. The van der Waals surface area contributed by atoms with Crippen molar-refractivity contribution in [2.24, 2.45) is 0 Å². The van der Waals surface area contributed by atoms with Gasteiger partial charge in [0.15, 0.2) is 0 Å². The van der Waals surface area contributed by atoms with E-state index in [0.717, 1.165) is 46.5 Å². The minimum atomic E-state index is -4.11. The number of carbonyl (C=O) groups is 1. The van der Waals surface area contributed by atoms with Crippen LogP contribution >= 0.6 is 0 Å². The smallest absolute Gasteiger partial charge is 0.283 e. The van der Waals surface area contributed by atoms with Crippen molar-refractivity contribution in [2.75, 3.05) is 0 Å². The van der Waals surface area contributed by atoms with Crippen molar-refractivity contribution >= 4 is 15.9 Å². The van der Waals surface area contributed by atoms with Gasteiger partial charge in [-0.05, 0) is 62.3 Å². The molecule has 0 bridgehead atoms. The molecular weight excluding hydrogens is 466 g/mol. The fourth-order valence-electron chi connectivity index (χ4n) is 4.44. The van der Waals surface area contributed by atoms with E-state index in [1.807, 2.05) is 52.2 Å². The topological polar surface area (TPSA) is 116 Å². The molecule has 2 aromatic heterocycles. The van der Waals surface area contributed by atoms with Crippen LogP contribution in [-0.4, -0.2) is 39.7 Å². The second kappa shape index (κ2) is 8.44. The molecule has 1 aliphatic heterocycles. The van der Waals surface area contributed by atoms with Gasteiger partial charge >= 0.3 is 0 Å². The highest BCUT2D eigenvalue weighted by atomic mass is 32.2. The molecule has 1 amide bonds. The van der Waals surface area contributed by atoms with E-state index in [4.69, 9.17) is 4.74 Å². The number of amides is 1. The van der Waals surface area contributed by atoms with Crippen LogP contribution in [0.1, 0.15) is 62.0 Å². The maximum atomic E-state index is 12.8. The van der Waals surface area contributed by atoms with Crippen molar-refractivity contribution in [1.29, 1.82) is 0 Å². The lowest BCUT2D eigenvalue weighted by Gasteiger charge is -2.16. The SMILES string of the molecule is CCc1cc(-c2cnc(C3CC3)nc2)cc(C)c1CC(=O)NS(=O)(=O)c1cc2n(n1)CC(C)(C)O2. The highest BCUT2D eigenvalue weighted by Crippen LogP contribution is 2.38. The van der Waals surface area contributed by atoms with Gasteiger partial charge < -0.3 is 4.74 Å². The molecule has 1 aliphatic carbocycles. The zero-order chi connectivity index (χ0) is 25.0. The quantitative estimate of drug-likeness (QED) is 0.535. The molecule has 0 atom stereocenters. The molecule has 1 fully saturated rings. The second-order valence-electron chi connectivity index (χ2n) is 9.93. The van der Waals surface area contributed by atoms with Crippen molar-refractivity contribution in [3.63, 3.8) is 0 Å². The van der Waals surface area contributed by atoms with E-state index in [-0.39, 0.29) is 11.4 Å². The van der Waals surface area contributed by atoms with Crippen LogP contribution in [0.4, 0.5) is 0 Å². The number of aryl methyl sites for hydroxylation is 2. The Hall–Kier alpha value is -3.27.